The number of hydrogen-bond acceptors (Lipinski definition) is 1. The van der Waals surface area contributed by atoms with Crippen molar-refractivity contribution in [2.24, 2.45) is 0 Å². The smallest absolute Gasteiger partial charge is 0.0784 e. The Morgan fingerprint density at radius 3 is 3.09 bits per heavy atom. The zero-order chi connectivity index (χ0) is 7.84. The summed E-state index contributed by atoms with van der Waals surface area (Å²) < 4.78 is 1.10. The summed E-state index contributed by atoms with van der Waals surface area (Å²) in [7, 11) is 0. The van der Waals surface area contributed by atoms with E-state index in [4.69, 9.17) is 11.6 Å². The molecular formula is C7H4ClIN2. The molecule has 2 aromatic rings. The summed E-state index contributed by atoms with van der Waals surface area (Å²) in [5, 5.41) is 8.62. The Balaban J connectivity index is 2.91. The molecule has 0 aliphatic rings. The minimum atomic E-state index is 0.753. The van der Waals surface area contributed by atoms with Gasteiger partial charge in [-0.15, -0.1) is 0 Å². The second-order valence-electron chi connectivity index (χ2n) is 2.22. The summed E-state index contributed by atoms with van der Waals surface area (Å²) >= 11 is 8.06. The van der Waals surface area contributed by atoms with Gasteiger partial charge in [0.25, 0.3) is 0 Å². The molecule has 2 nitrogen and oxygen atoms in total. The van der Waals surface area contributed by atoms with Gasteiger partial charge in [-0.3, -0.25) is 5.10 Å². The normalized spacial score (nSPS) is 10.7. The third-order valence-corrected chi connectivity index (χ3v) is 2.53. The first-order valence-corrected chi connectivity index (χ1v) is 4.51. The molecule has 1 N–H and O–H groups in total. The molecular weight excluding hydrogens is 274 g/mol. The van der Waals surface area contributed by atoms with E-state index < -0.39 is 0 Å². The van der Waals surface area contributed by atoms with Crippen molar-refractivity contribution >= 4 is 45.1 Å². The van der Waals surface area contributed by atoms with Crippen LogP contribution in [0.1, 0.15) is 0 Å². The second kappa shape index (κ2) is 2.64. The lowest BCUT2D eigenvalue weighted by Gasteiger charge is -1.93. The van der Waals surface area contributed by atoms with Gasteiger partial charge in [-0.05, 0) is 34.7 Å². The van der Waals surface area contributed by atoms with Crippen LogP contribution in [-0.4, -0.2) is 10.2 Å². The van der Waals surface area contributed by atoms with Crippen LogP contribution in [0.5, 0.6) is 0 Å². The molecule has 1 aromatic carbocycles. The van der Waals surface area contributed by atoms with Gasteiger partial charge in [-0.2, -0.15) is 5.10 Å². The Morgan fingerprint density at radius 1 is 1.45 bits per heavy atom. The molecule has 0 amide bonds. The van der Waals surface area contributed by atoms with Crippen molar-refractivity contribution in [1.82, 2.24) is 10.2 Å². The van der Waals surface area contributed by atoms with Gasteiger partial charge >= 0.3 is 0 Å². The van der Waals surface area contributed by atoms with E-state index in [0.717, 1.165) is 19.5 Å². The zero-order valence-corrected chi connectivity index (χ0v) is 8.35. The van der Waals surface area contributed by atoms with Crippen molar-refractivity contribution in [3.63, 3.8) is 0 Å². The second-order valence-corrected chi connectivity index (χ2v) is 3.82. The number of benzene rings is 1. The fourth-order valence-corrected chi connectivity index (χ4v) is 2.16. The molecule has 11 heavy (non-hydrogen) atoms. The lowest BCUT2D eigenvalue weighted by Crippen LogP contribution is -1.75. The molecule has 0 aliphatic carbocycles. The number of rotatable bonds is 0. The van der Waals surface area contributed by atoms with Crippen LogP contribution in [-0.2, 0) is 0 Å². The number of nitrogens with zero attached hydrogens (tertiary/aromatic N) is 1. The number of halogens is 2. The van der Waals surface area contributed by atoms with E-state index in [1.807, 2.05) is 12.1 Å². The molecule has 0 bridgehead atoms. The van der Waals surface area contributed by atoms with E-state index in [9.17, 15) is 0 Å². The number of hydrogen-bond donors (Lipinski definition) is 1. The number of fused-ring (bicyclic) bond motifs is 1. The Hall–Kier alpha value is -0.290. The van der Waals surface area contributed by atoms with Crippen molar-refractivity contribution in [2.75, 3.05) is 0 Å². The zero-order valence-electron chi connectivity index (χ0n) is 5.44. The molecule has 0 atom stereocenters. The first-order valence-electron chi connectivity index (χ1n) is 3.05. The highest BCUT2D eigenvalue weighted by Gasteiger charge is 2.00. The van der Waals surface area contributed by atoms with E-state index in [1.165, 1.54) is 0 Å². The minimum Gasteiger partial charge on any atom is -0.277 e. The molecule has 2 rings (SSSR count). The number of nitrogens with one attached hydrogen (secondary N) is 1. The predicted octanol–water partition coefficient (Wildman–Crippen LogP) is 2.82. The Labute approximate surface area is 82.1 Å². The topological polar surface area (TPSA) is 28.7 Å². The van der Waals surface area contributed by atoms with Crippen molar-refractivity contribution in [3.05, 3.63) is 26.9 Å². The van der Waals surface area contributed by atoms with Gasteiger partial charge < -0.3 is 0 Å². The SMILES string of the molecule is Clc1cc(I)c2[nH]ncc2c1. The summed E-state index contributed by atoms with van der Waals surface area (Å²) in [6.45, 7) is 0. The lowest BCUT2D eigenvalue weighted by molar-refractivity contribution is 1.12. The van der Waals surface area contributed by atoms with Gasteiger partial charge in [-0.25, -0.2) is 0 Å². The molecule has 0 radical (unpaired) electrons. The standard InChI is InChI=1S/C7H4ClIN2/c8-5-1-4-3-10-11-7(4)6(9)2-5/h1-3H,(H,10,11). The minimum absolute atomic E-state index is 0.753. The molecule has 0 fully saturated rings. The molecule has 1 heterocycles. The third-order valence-electron chi connectivity index (χ3n) is 1.47. The first kappa shape index (κ1) is 7.36. The summed E-state index contributed by atoms with van der Waals surface area (Å²) in [5.41, 5.74) is 1.05. The van der Waals surface area contributed by atoms with Gasteiger partial charge in [0.05, 0.1) is 11.7 Å². The monoisotopic (exact) mass is 278 g/mol. The van der Waals surface area contributed by atoms with Crippen molar-refractivity contribution in [1.29, 1.82) is 0 Å². The summed E-state index contributed by atoms with van der Waals surface area (Å²) in [5.74, 6) is 0. The molecule has 0 saturated heterocycles. The van der Waals surface area contributed by atoms with Crippen LogP contribution in [0, 0.1) is 3.57 Å². The fourth-order valence-electron chi connectivity index (χ4n) is 0.980. The molecule has 0 aliphatic heterocycles. The van der Waals surface area contributed by atoms with Crippen molar-refractivity contribution in [2.45, 2.75) is 0 Å². The maximum atomic E-state index is 5.83. The van der Waals surface area contributed by atoms with Crippen LogP contribution >= 0.6 is 34.2 Å². The summed E-state index contributed by atoms with van der Waals surface area (Å²) in [4.78, 5) is 0. The summed E-state index contributed by atoms with van der Waals surface area (Å²) in [6, 6.07) is 3.80. The van der Waals surface area contributed by atoms with Gasteiger partial charge in [0, 0.05) is 14.0 Å². The number of H-pyrrole nitrogens is 1. The average molecular weight is 278 g/mol. The third kappa shape index (κ3) is 1.22. The van der Waals surface area contributed by atoms with Crippen LogP contribution in [0.4, 0.5) is 0 Å². The molecule has 0 spiro atoms. The van der Waals surface area contributed by atoms with Crippen LogP contribution in [0.3, 0.4) is 0 Å². The van der Waals surface area contributed by atoms with Crippen LogP contribution < -0.4 is 0 Å². The maximum Gasteiger partial charge on any atom is 0.0784 e. The Bertz CT molecular complexity index is 396. The van der Waals surface area contributed by atoms with E-state index in [2.05, 4.69) is 32.8 Å². The molecule has 0 saturated carbocycles. The van der Waals surface area contributed by atoms with Crippen LogP contribution in [0.2, 0.25) is 5.02 Å². The Kier molecular flexibility index (Phi) is 1.77. The number of aromatic nitrogens is 2. The van der Waals surface area contributed by atoms with Crippen molar-refractivity contribution in [3.8, 4) is 0 Å². The highest BCUT2D eigenvalue weighted by Crippen LogP contribution is 2.22. The van der Waals surface area contributed by atoms with E-state index in [0.29, 0.717) is 0 Å². The van der Waals surface area contributed by atoms with E-state index in [1.54, 1.807) is 6.20 Å². The van der Waals surface area contributed by atoms with Crippen LogP contribution in [0.15, 0.2) is 18.3 Å². The van der Waals surface area contributed by atoms with Gasteiger partial charge in [0.2, 0.25) is 0 Å². The van der Waals surface area contributed by atoms with Gasteiger partial charge in [-0.1, -0.05) is 11.6 Å². The van der Waals surface area contributed by atoms with Gasteiger partial charge in [0.15, 0.2) is 0 Å². The van der Waals surface area contributed by atoms with E-state index in [-0.39, 0.29) is 0 Å². The summed E-state index contributed by atoms with van der Waals surface area (Å²) in [6.07, 6.45) is 1.77. The lowest BCUT2D eigenvalue weighted by atomic mass is 10.3. The predicted molar refractivity (Wildman–Crippen MR) is 53.8 cm³/mol. The molecule has 0 unspecified atom stereocenters. The van der Waals surface area contributed by atoms with Crippen molar-refractivity contribution < 1.29 is 0 Å². The highest BCUT2D eigenvalue weighted by molar-refractivity contribution is 14.1. The average Bonchev–Trinajstić information content (AvgIpc) is 2.34. The maximum absolute atomic E-state index is 5.83. The van der Waals surface area contributed by atoms with Gasteiger partial charge in [0.1, 0.15) is 0 Å². The number of aromatic amines is 1. The molecule has 1 aromatic heterocycles. The van der Waals surface area contributed by atoms with Crippen LogP contribution in [0.25, 0.3) is 10.9 Å². The fraction of sp³-hybridized carbons (Fsp3) is 0. The Morgan fingerprint density at radius 2 is 2.27 bits per heavy atom. The largest absolute Gasteiger partial charge is 0.277 e. The van der Waals surface area contributed by atoms with E-state index >= 15 is 0 Å². The first-order chi connectivity index (χ1) is 5.27. The highest BCUT2D eigenvalue weighted by atomic mass is 127. The molecule has 56 valence electrons. The quantitative estimate of drug-likeness (QED) is 0.738. The molecule has 4 heteroatoms.